The molecule has 3 nitrogen and oxygen atoms in total. The molecule has 0 aromatic rings. The number of hydrogen-bond acceptors (Lipinski definition) is 3. The maximum absolute atomic E-state index is 11.2. The first-order valence-corrected chi connectivity index (χ1v) is 7.42. The van der Waals surface area contributed by atoms with Gasteiger partial charge in [-0.2, -0.15) is 0 Å². The highest BCUT2D eigenvalue weighted by molar-refractivity contribution is 7.86. The van der Waals surface area contributed by atoms with Crippen LogP contribution in [0.1, 0.15) is 45.4 Å². The highest BCUT2D eigenvalue weighted by Crippen LogP contribution is 2.45. The van der Waals surface area contributed by atoms with Gasteiger partial charge in [0.2, 0.25) is 0 Å². The standard InChI is InChI=1S/C11H20O3S/c1-8-6-7-11(15(12,13)14)10-5-3-2-4-9(8)10/h8-11H,2-7H2,1H3,(H,12,13,14)/p-1. The molecule has 0 heterocycles. The Morgan fingerprint density at radius 1 is 1.00 bits per heavy atom. The molecule has 0 aliphatic heterocycles. The predicted octanol–water partition coefficient (Wildman–Crippen LogP) is 2.14. The van der Waals surface area contributed by atoms with Crippen LogP contribution in [-0.2, 0) is 10.1 Å². The molecule has 2 saturated carbocycles. The summed E-state index contributed by atoms with van der Waals surface area (Å²) in [7, 11) is -4.07. The van der Waals surface area contributed by atoms with Crippen molar-refractivity contribution in [2.24, 2.45) is 17.8 Å². The van der Waals surface area contributed by atoms with E-state index in [1.165, 1.54) is 6.42 Å². The van der Waals surface area contributed by atoms with Crippen LogP contribution in [0.3, 0.4) is 0 Å². The maximum Gasteiger partial charge on any atom is 0.0978 e. The molecule has 0 aromatic heterocycles. The van der Waals surface area contributed by atoms with Gasteiger partial charge in [-0.05, 0) is 43.4 Å². The van der Waals surface area contributed by atoms with E-state index in [-0.39, 0.29) is 5.92 Å². The zero-order valence-electron chi connectivity index (χ0n) is 9.19. The van der Waals surface area contributed by atoms with Gasteiger partial charge in [0.15, 0.2) is 0 Å². The van der Waals surface area contributed by atoms with Crippen molar-refractivity contribution in [2.45, 2.75) is 50.7 Å². The maximum atomic E-state index is 11.2. The Morgan fingerprint density at radius 2 is 1.60 bits per heavy atom. The van der Waals surface area contributed by atoms with Gasteiger partial charge in [0.25, 0.3) is 0 Å². The van der Waals surface area contributed by atoms with E-state index >= 15 is 0 Å². The monoisotopic (exact) mass is 231 g/mol. The fourth-order valence-electron chi connectivity index (χ4n) is 3.57. The van der Waals surface area contributed by atoms with Crippen molar-refractivity contribution in [1.82, 2.24) is 0 Å². The van der Waals surface area contributed by atoms with Crippen LogP contribution in [0.5, 0.6) is 0 Å². The fraction of sp³-hybridized carbons (Fsp3) is 1.00. The molecule has 2 aliphatic rings. The molecule has 15 heavy (non-hydrogen) atoms. The molecule has 0 radical (unpaired) electrons. The zero-order valence-corrected chi connectivity index (χ0v) is 10.0. The Morgan fingerprint density at radius 3 is 2.20 bits per heavy atom. The lowest BCUT2D eigenvalue weighted by molar-refractivity contribution is 0.114. The first-order chi connectivity index (χ1) is 7.00. The number of fused-ring (bicyclic) bond motifs is 1. The summed E-state index contributed by atoms with van der Waals surface area (Å²) >= 11 is 0. The molecule has 0 spiro atoms. The molecule has 2 aliphatic carbocycles. The van der Waals surface area contributed by atoms with Crippen LogP contribution in [0, 0.1) is 17.8 Å². The summed E-state index contributed by atoms with van der Waals surface area (Å²) in [6.07, 6.45) is 5.87. The topological polar surface area (TPSA) is 57.2 Å². The Balaban J connectivity index is 2.21. The fourth-order valence-corrected chi connectivity index (χ4v) is 4.76. The van der Waals surface area contributed by atoms with E-state index in [1.807, 2.05) is 0 Å². The molecule has 0 amide bonds. The lowest BCUT2D eigenvalue weighted by Crippen LogP contribution is -2.42. The second-order valence-electron chi connectivity index (χ2n) is 5.20. The van der Waals surface area contributed by atoms with Gasteiger partial charge < -0.3 is 4.55 Å². The first kappa shape index (κ1) is 11.4. The molecule has 4 atom stereocenters. The van der Waals surface area contributed by atoms with Crippen LogP contribution in [0.25, 0.3) is 0 Å². The second kappa shape index (κ2) is 4.06. The summed E-state index contributed by atoms with van der Waals surface area (Å²) in [6.45, 7) is 2.20. The Labute approximate surface area is 92.0 Å². The van der Waals surface area contributed by atoms with Gasteiger partial charge in [-0.15, -0.1) is 0 Å². The third-order valence-corrected chi connectivity index (χ3v) is 5.69. The largest absolute Gasteiger partial charge is 0.748 e. The highest BCUT2D eigenvalue weighted by Gasteiger charge is 2.41. The Hall–Kier alpha value is -0.0900. The normalized spacial score (nSPS) is 42.3. The summed E-state index contributed by atoms with van der Waals surface area (Å²) in [5.41, 5.74) is 0. The summed E-state index contributed by atoms with van der Waals surface area (Å²) in [6, 6.07) is 0. The van der Waals surface area contributed by atoms with Crippen molar-refractivity contribution in [1.29, 1.82) is 0 Å². The number of rotatable bonds is 1. The van der Waals surface area contributed by atoms with E-state index in [2.05, 4.69) is 6.92 Å². The third-order valence-electron chi connectivity index (χ3n) is 4.36. The van der Waals surface area contributed by atoms with E-state index in [4.69, 9.17) is 0 Å². The molecular formula is C11H19O3S-. The SMILES string of the molecule is CC1CCC(S(=O)(=O)[O-])C2CCCCC12. The van der Waals surface area contributed by atoms with Gasteiger partial charge in [0, 0.05) is 0 Å². The average Bonchev–Trinajstić information content (AvgIpc) is 2.17. The van der Waals surface area contributed by atoms with Crippen molar-refractivity contribution in [2.75, 3.05) is 0 Å². The van der Waals surface area contributed by atoms with Crippen LogP contribution in [0.15, 0.2) is 0 Å². The van der Waals surface area contributed by atoms with E-state index in [1.54, 1.807) is 0 Å². The van der Waals surface area contributed by atoms with Crippen LogP contribution < -0.4 is 0 Å². The van der Waals surface area contributed by atoms with Gasteiger partial charge in [0.05, 0.1) is 15.4 Å². The molecule has 4 unspecified atom stereocenters. The summed E-state index contributed by atoms with van der Waals surface area (Å²) in [5.74, 6) is 1.25. The highest BCUT2D eigenvalue weighted by atomic mass is 32.2. The van der Waals surface area contributed by atoms with Crippen molar-refractivity contribution < 1.29 is 13.0 Å². The second-order valence-corrected chi connectivity index (χ2v) is 6.79. The third kappa shape index (κ3) is 2.21. The van der Waals surface area contributed by atoms with Crippen molar-refractivity contribution in [3.05, 3.63) is 0 Å². The number of hydrogen-bond donors (Lipinski definition) is 0. The molecule has 88 valence electrons. The van der Waals surface area contributed by atoms with Gasteiger partial charge in [-0.3, -0.25) is 0 Å². The average molecular weight is 231 g/mol. The molecule has 0 aromatic carbocycles. The minimum atomic E-state index is -4.07. The summed E-state index contributed by atoms with van der Waals surface area (Å²) in [5, 5.41) is -0.584. The van der Waals surface area contributed by atoms with Crippen LogP contribution in [0.2, 0.25) is 0 Å². The van der Waals surface area contributed by atoms with Crippen molar-refractivity contribution >= 4 is 10.1 Å². The van der Waals surface area contributed by atoms with E-state index < -0.39 is 15.4 Å². The van der Waals surface area contributed by atoms with Crippen molar-refractivity contribution in [3.8, 4) is 0 Å². The summed E-state index contributed by atoms with van der Waals surface area (Å²) < 4.78 is 33.6. The van der Waals surface area contributed by atoms with Gasteiger partial charge in [0.1, 0.15) is 0 Å². The van der Waals surface area contributed by atoms with E-state index in [0.717, 1.165) is 25.7 Å². The molecule has 2 rings (SSSR count). The van der Waals surface area contributed by atoms with Crippen LogP contribution in [0.4, 0.5) is 0 Å². The lowest BCUT2D eigenvalue weighted by atomic mass is 9.66. The smallest absolute Gasteiger partial charge is 0.0978 e. The van der Waals surface area contributed by atoms with Crippen LogP contribution >= 0.6 is 0 Å². The zero-order chi connectivity index (χ0) is 11.1. The first-order valence-electron chi connectivity index (χ1n) is 5.95. The molecule has 4 heteroatoms. The van der Waals surface area contributed by atoms with Gasteiger partial charge in [-0.25, -0.2) is 8.42 Å². The molecule has 0 N–H and O–H groups in total. The Bertz CT molecular complexity index is 323. The molecular weight excluding hydrogens is 212 g/mol. The van der Waals surface area contributed by atoms with Gasteiger partial charge in [-0.1, -0.05) is 19.8 Å². The quantitative estimate of drug-likeness (QED) is 0.650. The predicted molar refractivity (Wildman–Crippen MR) is 57.3 cm³/mol. The summed E-state index contributed by atoms with van der Waals surface area (Å²) in [4.78, 5) is 0. The van der Waals surface area contributed by atoms with Crippen LogP contribution in [-0.4, -0.2) is 18.2 Å². The van der Waals surface area contributed by atoms with E-state index in [9.17, 15) is 13.0 Å². The van der Waals surface area contributed by atoms with Gasteiger partial charge >= 0.3 is 0 Å². The lowest BCUT2D eigenvalue weighted by Gasteiger charge is -2.45. The van der Waals surface area contributed by atoms with E-state index in [0.29, 0.717) is 18.3 Å². The Kier molecular flexibility index (Phi) is 3.08. The minimum absolute atomic E-state index is 0.157. The molecule has 2 fully saturated rings. The van der Waals surface area contributed by atoms with Crippen molar-refractivity contribution in [3.63, 3.8) is 0 Å². The molecule has 0 saturated heterocycles. The molecule has 0 bridgehead atoms. The minimum Gasteiger partial charge on any atom is -0.748 e.